The second-order valence-corrected chi connectivity index (χ2v) is 8.53. The highest BCUT2D eigenvalue weighted by Crippen LogP contribution is 2.34. The zero-order chi connectivity index (χ0) is 20.5. The van der Waals surface area contributed by atoms with E-state index in [2.05, 4.69) is 16.4 Å². The van der Waals surface area contributed by atoms with E-state index in [0.717, 1.165) is 28.9 Å². The fourth-order valence-corrected chi connectivity index (χ4v) is 4.27. The molecule has 2 heterocycles. The van der Waals surface area contributed by atoms with Crippen LogP contribution in [0.3, 0.4) is 0 Å². The number of amides is 2. The van der Waals surface area contributed by atoms with E-state index in [1.165, 1.54) is 11.3 Å². The van der Waals surface area contributed by atoms with Crippen molar-refractivity contribution in [1.82, 2.24) is 4.98 Å². The van der Waals surface area contributed by atoms with Crippen molar-refractivity contribution in [2.45, 2.75) is 20.3 Å². The van der Waals surface area contributed by atoms with Crippen LogP contribution in [0.4, 0.5) is 10.8 Å². The van der Waals surface area contributed by atoms with Gasteiger partial charge in [-0.1, -0.05) is 37.6 Å². The predicted molar refractivity (Wildman–Crippen MR) is 118 cm³/mol. The Morgan fingerprint density at radius 1 is 1.21 bits per heavy atom. The summed E-state index contributed by atoms with van der Waals surface area (Å²) in [5.41, 5.74) is 4.39. The van der Waals surface area contributed by atoms with Crippen LogP contribution in [-0.4, -0.2) is 23.3 Å². The maximum atomic E-state index is 12.4. The average Bonchev–Trinajstić information content (AvgIpc) is 3.33. The monoisotopic (exact) mass is 425 g/mol. The van der Waals surface area contributed by atoms with Crippen LogP contribution < -0.4 is 10.2 Å². The molecule has 4 rings (SSSR count). The van der Waals surface area contributed by atoms with E-state index in [4.69, 9.17) is 11.6 Å². The fraction of sp³-hybridized carbons (Fsp3) is 0.227. The van der Waals surface area contributed by atoms with Crippen molar-refractivity contribution in [3.8, 4) is 11.3 Å². The molecule has 0 saturated heterocycles. The Kier molecular flexibility index (Phi) is 5.39. The first-order chi connectivity index (χ1) is 13.9. The van der Waals surface area contributed by atoms with Gasteiger partial charge in [-0.3, -0.25) is 14.9 Å². The Labute approximate surface area is 178 Å². The van der Waals surface area contributed by atoms with Gasteiger partial charge in [0.15, 0.2) is 5.13 Å². The molecule has 2 aromatic carbocycles. The SMILES string of the molecule is CC(C)C(=O)N1CCc2cc(-c3csc(NC(=O)c4cccc(Cl)c4)n3)ccc21. The first-order valence-corrected chi connectivity index (χ1v) is 10.7. The van der Waals surface area contributed by atoms with E-state index in [0.29, 0.717) is 22.3 Å². The Morgan fingerprint density at radius 2 is 2.03 bits per heavy atom. The maximum absolute atomic E-state index is 12.4. The molecule has 1 N–H and O–H groups in total. The summed E-state index contributed by atoms with van der Waals surface area (Å²) in [6.45, 7) is 4.56. The molecule has 3 aromatic rings. The summed E-state index contributed by atoms with van der Waals surface area (Å²) < 4.78 is 0. The molecule has 7 heteroatoms. The molecule has 29 heavy (non-hydrogen) atoms. The molecule has 1 aliphatic heterocycles. The molecule has 0 aliphatic carbocycles. The largest absolute Gasteiger partial charge is 0.312 e. The normalized spacial score (nSPS) is 12.9. The zero-order valence-corrected chi connectivity index (χ0v) is 17.7. The minimum atomic E-state index is -0.245. The number of halogens is 1. The number of nitrogens with one attached hydrogen (secondary N) is 1. The minimum absolute atomic E-state index is 0.0233. The van der Waals surface area contributed by atoms with Gasteiger partial charge in [-0.15, -0.1) is 11.3 Å². The lowest BCUT2D eigenvalue weighted by atomic mass is 10.1. The number of fused-ring (bicyclic) bond motifs is 1. The second kappa shape index (κ2) is 7.97. The van der Waals surface area contributed by atoms with Crippen LogP contribution in [0.2, 0.25) is 5.02 Å². The molecule has 5 nitrogen and oxygen atoms in total. The van der Waals surface area contributed by atoms with Gasteiger partial charge in [0.1, 0.15) is 0 Å². The molecular formula is C22H20ClN3O2S. The summed E-state index contributed by atoms with van der Waals surface area (Å²) in [6.07, 6.45) is 0.837. The lowest BCUT2D eigenvalue weighted by molar-refractivity contribution is -0.121. The van der Waals surface area contributed by atoms with Gasteiger partial charge in [0, 0.05) is 39.7 Å². The van der Waals surface area contributed by atoms with Crippen LogP contribution in [-0.2, 0) is 11.2 Å². The van der Waals surface area contributed by atoms with Crippen LogP contribution >= 0.6 is 22.9 Å². The van der Waals surface area contributed by atoms with Crippen LogP contribution in [0.1, 0.15) is 29.8 Å². The first-order valence-electron chi connectivity index (χ1n) is 9.39. The van der Waals surface area contributed by atoms with E-state index >= 15 is 0 Å². The van der Waals surface area contributed by atoms with Crippen molar-refractivity contribution in [1.29, 1.82) is 0 Å². The van der Waals surface area contributed by atoms with Gasteiger partial charge in [0.25, 0.3) is 5.91 Å². The number of nitrogens with zero attached hydrogens (tertiary/aromatic N) is 2. The van der Waals surface area contributed by atoms with Gasteiger partial charge in [-0.25, -0.2) is 4.98 Å². The van der Waals surface area contributed by atoms with Crippen molar-refractivity contribution >= 4 is 45.6 Å². The first kappa shape index (κ1) is 19.6. The Bertz CT molecular complexity index is 1090. The highest BCUT2D eigenvalue weighted by atomic mass is 35.5. The average molecular weight is 426 g/mol. The third-order valence-corrected chi connectivity index (χ3v) is 5.84. The molecule has 0 atom stereocenters. The highest BCUT2D eigenvalue weighted by molar-refractivity contribution is 7.14. The second-order valence-electron chi connectivity index (χ2n) is 7.24. The summed E-state index contributed by atoms with van der Waals surface area (Å²) in [5.74, 6) is -0.119. The Balaban J connectivity index is 1.52. The molecule has 1 aromatic heterocycles. The summed E-state index contributed by atoms with van der Waals surface area (Å²) in [4.78, 5) is 31.2. The molecule has 148 valence electrons. The van der Waals surface area contributed by atoms with Gasteiger partial charge < -0.3 is 4.90 Å². The minimum Gasteiger partial charge on any atom is -0.312 e. The summed E-state index contributed by atoms with van der Waals surface area (Å²) in [6, 6.07) is 12.8. The molecule has 0 saturated carbocycles. The van der Waals surface area contributed by atoms with Gasteiger partial charge in [-0.05, 0) is 42.3 Å². The number of anilines is 2. The molecule has 0 bridgehead atoms. The van der Waals surface area contributed by atoms with E-state index in [1.54, 1.807) is 24.3 Å². The van der Waals surface area contributed by atoms with Crippen molar-refractivity contribution in [2.24, 2.45) is 5.92 Å². The number of hydrogen-bond acceptors (Lipinski definition) is 4. The van der Waals surface area contributed by atoms with E-state index in [9.17, 15) is 9.59 Å². The maximum Gasteiger partial charge on any atom is 0.257 e. The number of carbonyl (C=O) groups excluding carboxylic acids is 2. The van der Waals surface area contributed by atoms with Crippen LogP contribution in [0.25, 0.3) is 11.3 Å². The van der Waals surface area contributed by atoms with Gasteiger partial charge in [0.2, 0.25) is 5.91 Å². The molecule has 0 fully saturated rings. The van der Waals surface area contributed by atoms with Crippen molar-refractivity contribution in [3.05, 3.63) is 64.0 Å². The van der Waals surface area contributed by atoms with Crippen molar-refractivity contribution < 1.29 is 9.59 Å². The standard InChI is InChI=1S/C22H20ClN3O2S/c1-13(2)21(28)26-9-8-15-10-14(6-7-19(15)26)18-12-29-22(24-18)25-20(27)16-4-3-5-17(23)11-16/h3-7,10-13H,8-9H2,1-2H3,(H,24,25,27). The summed E-state index contributed by atoms with van der Waals surface area (Å²) in [5, 5.41) is 5.78. The summed E-state index contributed by atoms with van der Waals surface area (Å²) in [7, 11) is 0. The van der Waals surface area contributed by atoms with Crippen LogP contribution in [0.5, 0.6) is 0 Å². The molecule has 0 unspecified atom stereocenters. The Morgan fingerprint density at radius 3 is 2.79 bits per heavy atom. The quantitative estimate of drug-likeness (QED) is 0.620. The fourth-order valence-electron chi connectivity index (χ4n) is 3.36. The topological polar surface area (TPSA) is 62.3 Å². The van der Waals surface area contributed by atoms with Crippen molar-refractivity contribution in [2.75, 3.05) is 16.8 Å². The predicted octanol–water partition coefficient (Wildman–Crippen LogP) is 5.26. The number of rotatable bonds is 4. The third kappa shape index (κ3) is 4.04. The van der Waals surface area contributed by atoms with E-state index in [-0.39, 0.29) is 17.7 Å². The van der Waals surface area contributed by atoms with Crippen molar-refractivity contribution in [3.63, 3.8) is 0 Å². The molecular weight excluding hydrogens is 406 g/mol. The van der Waals surface area contributed by atoms with E-state index < -0.39 is 0 Å². The number of carbonyl (C=O) groups is 2. The van der Waals surface area contributed by atoms with Gasteiger partial charge in [0.05, 0.1) is 5.69 Å². The van der Waals surface area contributed by atoms with E-state index in [1.807, 2.05) is 36.3 Å². The van der Waals surface area contributed by atoms with Gasteiger partial charge >= 0.3 is 0 Å². The van der Waals surface area contributed by atoms with Crippen LogP contribution in [0.15, 0.2) is 47.8 Å². The molecule has 0 radical (unpaired) electrons. The number of aromatic nitrogens is 1. The molecule has 0 spiro atoms. The molecule has 2 amide bonds. The number of benzene rings is 2. The molecule has 1 aliphatic rings. The number of hydrogen-bond donors (Lipinski definition) is 1. The zero-order valence-electron chi connectivity index (χ0n) is 16.1. The smallest absolute Gasteiger partial charge is 0.257 e. The summed E-state index contributed by atoms with van der Waals surface area (Å²) >= 11 is 7.33. The lowest BCUT2D eigenvalue weighted by Gasteiger charge is -2.19. The number of thiazole rings is 1. The highest BCUT2D eigenvalue weighted by Gasteiger charge is 2.26. The Hall–Kier alpha value is -2.70. The van der Waals surface area contributed by atoms with Gasteiger partial charge in [-0.2, -0.15) is 0 Å². The van der Waals surface area contributed by atoms with Crippen LogP contribution in [0, 0.1) is 5.92 Å². The lowest BCUT2D eigenvalue weighted by Crippen LogP contribution is -2.32. The third-order valence-electron chi connectivity index (χ3n) is 4.84.